The molecular weight excluding hydrogens is 524 g/mol. The van der Waals surface area contributed by atoms with Gasteiger partial charge in [-0.05, 0) is 54.3 Å². The van der Waals surface area contributed by atoms with E-state index in [0.717, 1.165) is 39.8 Å². The topological polar surface area (TPSA) is 89.0 Å². The second-order valence-electron chi connectivity index (χ2n) is 9.42. The van der Waals surface area contributed by atoms with Crippen molar-refractivity contribution >= 4 is 40.5 Å². The number of benzene rings is 3. The van der Waals surface area contributed by atoms with E-state index in [0.29, 0.717) is 17.9 Å². The van der Waals surface area contributed by atoms with Crippen LogP contribution in [0, 0.1) is 0 Å². The first-order valence-corrected chi connectivity index (χ1v) is 13.4. The lowest BCUT2D eigenvalue weighted by Gasteiger charge is -2.15. The number of rotatable bonds is 10. The number of carbonyl (C=O) groups is 2. The van der Waals surface area contributed by atoms with Gasteiger partial charge in [0.05, 0.1) is 18.5 Å². The number of nitrogens with zero attached hydrogens (tertiary/aromatic N) is 2. The third-order valence-corrected chi connectivity index (χ3v) is 6.94. The second-order valence-corrected chi connectivity index (χ2v) is 9.86. The van der Waals surface area contributed by atoms with Crippen LogP contribution in [0.5, 0.6) is 0 Å². The zero-order valence-electron chi connectivity index (χ0n) is 22.0. The number of carbonyl (C=O) groups excluding carboxylic acids is 2. The SMILES string of the molecule is COC(=O)C(Cc1c[nH]c2ccccc12)NC(=O)/C=C/c1cn(-c2cccc(Cl)c2)nc1CCc1ccccc1. The summed E-state index contributed by atoms with van der Waals surface area (Å²) in [7, 11) is 1.32. The highest BCUT2D eigenvalue weighted by atomic mass is 35.5. The van der Waals surface area contributed by atoms with Crippen LogP contribution in [0.4, 0.5) is 0 Å². The lowest BCUT2D eigenvalue weighted by molar-refractivity contribution is -0.144. The molecule has 0 saturated carbocycles. The molecule has 2 N–H and O–H groups in total. The third-order valence-electron chi connectivity index (χ3n) is 6.70. The van der Waals surface area contributed by atoms with Gasteiger partial charge in [-0.2, -0.15) is 5.10 Å². The highest BCUT2D eigenvalue weighted by Gasteiger charge is 2.22. The van der Waals surface area contributed by atoms with Crippen molar-refractivity contribution in [2.24, 2.45) is 0 Å². The minimum atomic E-state index is -0.840. The molecule has 2 heterocycles. The van der Waals surface area contributed by atoms with Crippen LogP contribution in [0.3, 0.4) is 0 Å². The van der Waals surface area contributed by atoms with Gasteiger partial charge in [-0.1, -0.05) is 66.2 Å². The molecule has 202 valence electrons. The Morgan fingerprint density at radius 3 is 2.65 bits per heavy atom. The normalized spacial score (nSPS) is 12.1. The molecule has 1 unspecified atom stereocenters. The summed E-state index contributed by atoms with van der Waals surface area (Å²) in [6, 6.07) is 24.6. The summed E-state index contributed by atoms with van der Waals surface area (Å²) in [6.45, 7) is 0. The predicted molar refractivity (Wildman–Crippen MR) is 157 cm³/mol. The van der Waals surface area contributed by atoms with Crippen molar-refractivity contribution < 1.29 is 14.3 Å². The fraction of sp³-hybridized carbons (Fsp3) is 0.156. The van der Waals surface area contributed by atoms with Crippen molar-refractivity contribution in [1.82, 2.24) is 20.1 Å². The van der Waals surface area contributed by atoms with Gasteiger partial charge >= 0.3 is 5.97 Å². The Hall–Kier alpha value is -4.62. The van der Waals surface area contributed by atoms with Crippen LogP contribution in [0.1, 0.15) is 22.4 Å². The zero-order chi connectivity index (χ0) is 27.9. The molecule has 5 aromatic rings. The predicted octanol–water partition coefficient (Wildman–Crippen LogP) is 5.71. The lowest BCUT2D eigenvalue weighted by atomic mass is 10.0. The number of aromatic amines is 1. The first-order chi connectivity index (χ1) is 19.5. The van der Waals surface area contributed by atoms with E-state index in [9.17, 15) is 9.59 Å². The standard InChI is InChI=1S/C32H29ClN4O3/c1-40-32(39)30(18-24-20-34-29-13-6-5-12-27(24)29)35-31(38)17-15-23-21-37(26-11-7-10-25(33)19-26)36-28(23)16-14-22-8-3-2-4-9-22/h2-13,15,17,19-21,30,34H,14,16,18H2,1H3,(H,35,38)/b17-15+. The molecule has 0 radical (unpaired) electrons. The Morgan fingerprint density at radius 1 is 1.05 bits per heavy atom. The van der Waals surface area contributed by atoms with Gasteiger partial charge in [-0.3, -0.25) is 4.79 Å². The minimum Gasteiger partial charge on any atom is -0.467 e. The number of halogens is 1. The molecule has 8 heteroatoms. The van der Waals surface area contributed by atoms with Gasteiger partial charge in [0.1, 0.15) is 6.04 Å². The number of hydrogen-bond donors (Lipinski definition) is 2. The number of aromatic nitrogens is 3. The zero-order valence-corrected chi connectivity index (χ0v) is 22.8. The molecule has 0 saturated heterocycles. The molecule has 3 aromatic carbocycles. The van der Waals surface area contributed by atoms with Crippen LogP contribution in [0.25, 0.3) is 22.7 Å². The van der Waals surface area contributed by atoms with Gasteiger partial charge in [-0.25, -0.2) is 9.48 Å². The molecule has 0 spiro atoms. The summed E-state index contributed by atoms with van der Waals surface area (Å²) < 4.78 is 6.74. The summed E-state index contributed by atoms with van der Waals surface area (Å²) in [4.78, 5) is 28.7. The number of nitrogens with one attached hydrogen (secondary N) is 2. The Bertz CT molecular complexity index is 1660. The van der Waals surface area contributed by atoms with Crippen molar-refractivity contribution in [3.05, 3.63) is 125 Å². The highest BCUT2D eigenvalue weighted by Crippen LogP contribution is 2.21. The number of amides is 1. The van der Waals surface area contributed by atoms with E-state index in [-0.39, 0.29) is 0 Å². The van der Waals surface area contributed by atoms with Gasteiger partial charge < -0.3 is 15.0 Å². The van der Waals surface area contributed by atoms with E-state index in [1.165, 1.54) is 18.7 Å². The molecule has 1 atom stereocenters. The molecule has 0 bridgehead atoms. The number of ether oxygens (including phenoxy) is 1. The maximum absolute atomic E-state index is 13.0. The fourth-order valence-corrected chi connectivity index (χ4v) is 4.84. The summed E-state index contributed by atoms with van der Waals surface area (Å²) >= 11 is 6.21. The van der Waals surface area contributed by atoms with Gasteiger partial charge in [0.25, 0.3) is 0 Å². The first kappa shape index (κ1) is 27.0. The van der Waals surface area contributed by atoms with Gasteiger partial charge in [0.2, 0.25) is 5.91 Å². The van der Waals surface area contributed by atoms with E-state index < -0.39 is 17.9 Å². The van der Waals surface area contributed by atoms with E-state index in [2.05, 4.69) is 22.4 Å². The van der Waals surface area contributed by atoms with E-state index in [4.69, 9.17) is 21.4 Å². The Labute approximate surface area is 237 Å². The number of para-hydroxylation sites is 1. The molecule has 0 aliphatic carbocycles. The molecule has 5 rings (SSSR count). The van der Waals surface area contributed by atoms with E-state index >= 15 is 0 Å². The maximum atomic E-state index is 13.0. The molecule has 0 aliphatic heterocycles. The number of methoxy groups -OCH3 is 1. The average Bonchev–Trinajstić information content (AvgIpc) is 3.59. The smallest absolute Gasteiger partial charge is 0.328 e. The van der Waals surface area contributed by atoms with Crippen molar-refractivity contribution in [3.63, 3.8) is 0 Å². The highest BCUT2D eigenvalue weighted by molar-refractivity contribution is 6.30. The summed E-state index contributed by atoms with van der Waals surface area (Å²) in [5.41, 5.74) is 5.55. The van der Waals surface area contributed by atoms with Crippen LogP contribution >= 0.6 is 11.6 Å². The van der Waals surface area contributed by atoms with E-state index in [1.54, 1.807) is 10.8 Å². The molecule has 0 aliphatic rings. The number of fused-ring (bicyclic) bond motifs is 1. The molecule has 7 nitrogen and oxygen atoms in total. The van der Waals surface area contributed by atoms with Crippen LogP contribution < -0.4 is 5.32 Å². The lowest BCUT2D eigenvalue weighted by Crippen LogP contribution is -2.42. The van der Waals surface area contributed by atoms with Crippen LogP contribution in [0.2, 0.25) is 5.02 Å². The Balaban J connectivity index is 1.35. The van der Waals surface area contributed by atoms with Crippen molar-refractivity contribution in [2.45, 2.75) is 25.3 Å². The monoisotopic (exact) mass is 552 g/mol. The minimum absolute atomic E-state index is 0.297. The summed E-state index contributed by atoms with van der Waals surface area (Å²) in [6.07, 6.45) is 8.66. The largest absolute Gasteiger partial charge is 0.467 e. The molecule has 1 amide bonds. The average molecular weight is 553 g/mol. The van der Waals surface area contributed by atoms with Gasteiger partial charge in [0, 0.05) is 46.4 Å². The van der Waals surface area contributed by atoms with Crippen LogP contribution in [0.15, 0.2) is 97.3 Å². The molecule has 2 aromatic heterocycles. The van der Waals surface area contributed by atoms with Gasteiger partial charge in [-0.15, -0.1) is 0 Å². The number of H-pyrrole nitrogens is 1. The number of hydrogen-bond acceptors (Lipinski definition) is 4. The fourth-order valence-electron chi connectivity index (χ4n) is 4.66. The van der Waals surface area contributed by atoms with Crippen molar-refractivity contribution in [3.8, 4) is 5.69 Å². The summed E-state index contributed by atoms with van der Waals surface area (Å²) in [5.74, 6) is -0.913. The van der Waals surface area contributed by atoms with Crippen molar-refractivity contribution in [2.75, 3.05) is 7.11 Å². The first-order valence-electron chi connectivity index (χ1n) is 13.0. The second kappa shape index (κ2) is 12.5. The molecule has 0 fully saturated rings. The third kappa shape index (κ3) is 6.50. The molecular formula is C32H29ClN4O3. The molecule has 40 heavy (non-hydrogen) atoms. The summed E-state index contributed by atoms with van der Waals surface area (Å²) in [5, 5.41) is 9.21. The Kier molecular flexibility index (Phi) is 8.42. The van der Waals surface area contributed by atoms with Crippen LogP contribution in [-0.2, 0) is 33.6 Å². The number of aryl methyl sites for hydroxylation is 2. The number of esters is 1. The Morgan fingerprint density at radius 2 is 1.85 bits per heavy atom. The van der Waals surface area contributed by atoms with Crippen molar-refractivity contribution in [1.29, 1.82) is 0 Å². The van der Waals surface area contributed by atoms with E-state index in [1.807, 2.05) is 79.1 Å². The van der Waals surface area contributed by atoms with Gasteiger partial charge in [0.15, 0.2) is 0 Å². The van der Waals surface area contributed by atoms with Crippen LogP contribution in [-0.4, -0.2) is 39.8 Å². The maximum Gasteiger partial charge on any atom is 0.328 e. The quantitative estimate of drug-likeness (QED) is 0.172.